The van der Waals surface area contributed by atoms with Crippen molar-refractivity contribution in [3.05, 3.63) is 18.2 Å². The SMILES string of the molecule is CN(Cc1nccn1CC(F)(F)F)C(=O)C1CC2CCCC(C1)C2N.Cl.Cl. The lowest BCUT2D eigenvalue weighted by molar-refractivity contribution is -0.141. The molecular formula is C17H27Cl2F3N4O. The van der Waals surface area contributed by atoms with E-state index in [0.717, 1.165) is 30.3 Å². The van der Waals surface area contributed by atoms with E-state index in [2.05, 4.69) is 4.98 Å². The minimum Gasteiger partial charge on any atom is -0.338 e. The van der Waals surface area contributed by atoms with Crippen molar-refractivity contribution >= 4 is 30.7 Å². The summed E-state index contributed by atoms with van der Waals surface area (Å²) >= 11 is 0. The average molecular weight is 431 g/mol. The van der Waals surface area contributed by atoms with Crippen molar-refractivity contribution in [3.63, 3.8) is 0 Å². The highest BCUT2D eigenvalue weighted by Gasteiger charge is 2.41. The van der Waals surface area contributed by atoms with Gasteiger partial charge in [0, 0.05) is 31.4 Å². The van der Waals surface area contributed by atoms with Crippen LogP contribution in [0.1, 0.15) is 37.9 Å². The number of alkyl halides is 3. The van der Waals surface area contributed by atoms with E-state index in [1.54, 1.807) is 7.05 Å². The standard InChI is InChI=1S/C17H25F3N4O.2ClH/c1-23(9-14-22-5-6-24(14)10-17(18,19)20)16(25)13-7-11-3-2-4-12(8-13)15(11)21;;/h5-6,11-13,15H,2-4,7-10,21H2,1H3;2*1H. The average Bonchev–Trinajstić information content (AvgIpc) is 2.91. The smallest absolute Gasteiger partial charge is 0.338 e. The van der Waals surface area contributed by atoms with E-state index in [0.29, 0.717) is 11.8 Å². The van der Waals surface area contributed by atoms with E-state index >= 15 is 0 Å². The summed E-state index contributed by atoms with van der Waals surface area (Å²) in [7, 11) is 1.64. The molecule has 0 saturated heterocycles. The lowest BCUT2D eigenvalue weighted by Gasteiger charge is -2.44. The molecule has 0 aromatic carbocycles. The summed E-state index contributed by atoms with van der Waals surface area (Å²) < 4.78 is 38.9. The molecule has 2 bridgehead atoms. The van der Waals surface area contributed by atoms with E-state index in [-0.39, 0.29) is 55.1 Å². The van der Waals surface area contributed by atoms with Gasteiger partial charge in [0.05, 0.1) is 6.54 Å². The van der Waals surface area contributed by atoms with Gasteiger partial charge >= 0.3 is 6.18 Å². The first-order valence-electron chi connectivity index (χ1n) is 8.82. The van der Waals surface area contributed by atoms with Gasteiger partial charge in [0.1, 0.15) is 12.4 Å². The molecule has 0 aliphatic heterocycles. The zero-order valence-electron chi connectivity index (χ0n) is 15.2. The van der Waals surface area contributed by atoms with Crippen molar-refractivity contribution in [3.8, 4) is 0 Å². The molecular weight excluding hydrogens is 404 g/mol. The van der Waals surface area contributed by atoms with Crippen LogP contribution in [0.3, 0.4) is 0 Å². The lowest BCUT2D eigenvalue weighted by atomic mass is 9.65. The Hall–Kier alpha value is -0.990. The van der Waals surface area contributed by atoms with Crippen LogP contribution >= 0.6 is 24.8 Å². The maximum atomic E-state index is 12.8. The molecule has 2 unspecified atom stereocenters. The zero-order valence-corrected chi connectivity index (χ0v) is 16.8. The van der Waals surface area contributed by atoms with Crippen LogP contribution in [-0.4, -0.2) is 39.6 Å². The Bertz CT molecular complexity index is 612. The predicted octanol–water partition coefficient (Wildman–Crippen LogP) is 3.40. The third-order valence-corrected chi connectivity index (χ3v) is 5.67. The Balaban J connectivity index is 0.00000182. The second kappa shape index (κ2) is 9.47. The second-order valence-corrected chi connectivity index (χ2v) is 7.48. The van der Waals surface area contributed by atoms with E-state index < -0.39 is 12.7 Å². The molecule has 156 valence electrons. The Morgan fingerprint density at radius 2 is 1.89 bits per heavy atom. The van der Waals surface area contributed by atoms with Crippen molar-refractivity contribution in [2.24, 2.45) is 23.5 Å². The van der Waals surface area contributed by atoms with Gasteiger partial charge in [-0.1, -0.05) is 6.42 Å². The highest BCUT2D eigenvalue weighted by Crippen LogP contribution is 2.42. The molecule has 27 heavy (non-hydrogen) atoms. The van der Waals surface area contributed by atoms with Gasteiger partial charge in [0.2, 0.25) is 5.91 Å². The number of fused-ring (bicyclic) bond motifs is 2. The molecule has 2 atom stereocenters. The number of hydrogen-bond donors (Lipinski definition) is 1. The zero-order chi connectivity index (χ0) is 18.2. The van der Waals surface area contributed by atoms with E-state index in [1.807, 2.05) is 0 Å². The molecule has 0 radical (unpaired) electrons. The van der Waals surface area contributed by atoms with Gasteiger partial charge in [0.15, 0.2) is 0 Å². The highest BCUT2D eigenvalue weighted by atomic mass is 35.5. The van der Waals surface area contributed by atoms with Gasteiger partial charge < -0.3 is 15.2 Å². The molecule has 2 fully saturated rings. The number of imidazole rings is 1. The quantitative estimate of drug-likeness (QED) is 0.795. The number of amides is 1. The highest BCUT2D eigenvalue weighted by molar-refractivity contribution is 5.85. The molecule has 2 aliphatic rings. The van der Waals surface area contributed by atoms with Gasteiger partial charge in [-0.15, -0.1) is 24.8 Å². The Morgan fingerprint density at radius 1 is 1.30 bits per heavy atom. The van der Waals surface area contributed by atoms with Crippen LogP contribution in [0.15, 0.2) is 12.4 Å². The van der Waals surface area contributed by atoms with E-state index in [1.165, 1.54) is 23.7 Å². The first-order valence-corrected chi connectivity index (χ1v) is 8.82. The molecule has 1 aromatic rings. The Labute approximate surface area is 169 Å². The number of carbonyl (C=O) groups excluding carboxylic acids is 1. The molecule has 2 aliphatic carbocycles. The van der Waals surface area contributed by atoms with Crippen LogP contribution in [-0.2, 0) is 17.9 Å². The van der Waals surface area contributed by atoms with Gasteiger partial charge in [-0.25, -0.2) is 4.98 Å². The molecule has 1 aromatic heterocycles. The van der Waals surface area contributed by atoms with Crippen LogP contribution < -0.4 is 5.73 Å². The van der Waals surface area contributed by atoms with Gasteiger partial charge in [-0.3, -0.25) is 4.79 Å². The first kappa shape index (κ1) is 24.0. The number of carbonyl (C=O) groups is 1. The predicted molar refractivity (Wildman–Crippen MR) is 101 cm³/mol. The molecule has 3 rings (SSSR count). The molecule has 2 N–H and O–H groups in total. The first-order chi connectivity index (χ1) is 11.7. The number of nitrogens with two attached hydrogens (primary N) is 1. The largest absolute Gasteiger partial charge is 0.406 e. The normalized spacial score (nSPS) is 27.3. The number of nitrogens with zero attached hydrogens (tertiary/aromatic N) is 3. The summed E-state index contributed by atoms with van der Waals surface area (Å²) in [5, 5.41) is 0. The van der Waals surface area contributed by atoms with Crippen LogP contribution in [0.5, 0.6) is 0 Å². The van der Waals surface area contributed by atoms with Gasteiger partial charge in [-0.2, -0.15) is 13.2 Å². The molecule has 5 nitrogen and oxygen atoms in total. The maximum absolute atomic E-state index is 12.8. The summed E-state index contributed by atoms with van der Waals surface area (Å²) in [4.78, 5) is 18.3. The number of hydrogen-bond acceptors (Lipinski definition) is 3. The van der Waals surface area contributed by atoms with Gasteiger partial charge in [0.25, 0.3) is 0 Å². The monoisotopic (exact) mass is 430 g/mol. The third kappa shape index (κ3) is 5.74. The summed E-state index contributed by atoms with van der Waals surface area (Å²) in [6.45, 7) is -1.01. The number of halogens is 5. The Kier molecular flexibility index (Phi) is 8.44. The number of aromatic nitrogens is 2. The van der Waals surface area contributed by atoms with Crippen LogP contribution in [0, 0.1) is 17.8 Å². The van der Waals surface area contributed by atoms with Crippen LogP contribution in [0.4, 0.5) is 13.2 Å². The van der Waals surface area contributed by atoms with Crippen molar-refractivity contribution in [1.29, 1.82) is 0 Å². The lowest BCUT2D eigenvalue weighted by Crippen LogP contribution is -2.49. The molecule has 2 saturated carbocycles. The van der Waals surface area contributed by atoms with Crippen LogP contribution in [0.25, 0.3) is 0 Å². The number of rotatable bonds is 4. The third-order valence-electron chi connectivity index (χ3n) is 5.67. The van der Waals surface area contributed by atoms with Crippen molar-refractivity contribution < 1.29 is 18.0 Å². The fourth-order valence-corrected chi connectivity index (χ4v) is 4.42. The fraction of sp³-hybridized carbons (Fsp3) is 0.765. The fourth-order valence-electron chi connectivity index (χ4n) is 4.42. The van der Waals surface area contributed by atoms with Crippen LogP contribution in [0.2, 0.25) is 0 Å². The minimum atomic E-state index is -4.31. The molecule has 1 heterocycles. The van der Waals surface area contributed by atoms with E-state index in [9.17, 15) is 18.0 Å². The summed E-state index contributed by atoms with van der Waals surface area (Å²) in [6, 6.07) is 0.189. The van der Waals surface area contributed by atoms with Gasteiger partial charge in [-0.05, 0) is 37.5 Å². The topological polar surface area (TPSA) is 64.2 Å². The minimum absolute atomic E-state index is 0. The molecule has 0 spiro atoms. The summed E-state index contributed by atoms with van der Waals surface area (Å²) in [6.07, 6.45) is 3.22. The summed E-state index contributed by atoms with van der Waals surface area (Å²) in [5.74, 6) is 0.946. The summed E-state index contributed by atoms with van der Waals surface area (Å²) in [5.41, 5.74) is 6.27. The second-order valence-electron chi connectivity index (χ2n) is 7.48. The Morgan fingerprint density at radius 3 is 2.44 bits per heavy atom. The van der Waals surface area contributed by atoms with Crippen molar-refractivity contribution in [1.82, 2.24) is 14.5 Å². The maximum Gasteiger partial charge on any atom is 0.406 e. The van der Waals surface area contributed by atoms with Crippen molar-refractivity contribution in [2.45, 2.75) is 57.4 Å². The van der Waals surface area contributed by atoms with E-state index in [4.69, 9.17) is 5.73 Å². The van der Waals surface area contributed by atoms with Crippen molar-refractivity contribution in [2.75, 3.05) is 7.05 Å². The molecule has 1 amide bonds. The molecule has 10 heteroatoms.